The van der Waals surface area contributed by atoms with Gasteiger partial charge in [-0.1, -0.05) is 6.42 Å². The first-order valence-electron chi connectivity index (χ1n) is 19.9. The number of phosphoric ester groups is 1. The number of nitrogen functional groups attached to an aromatic ring is 1. The van der Waals surface area contributed by atoms with E-state index in [1.165, 1.54) is 10.9 Å². The van der Waals surface area contributed by atoms with Crippen molar-refractivity contribution in [2.24, 2.45) is 0 Å². The van der Waals surface area contributed by atoms with E-state index >= 15 is 0 Å². The molecule has 10 atom stereocenters. The van der Waals surface area contributed by atoms with Crippen LogP contribution in [0.1, 0.15) is 57.6 Å². The number of urea groups is 1. The van der Waals surface area contributed by atoms with E-state index in [4.69, 9.17) is 10.5 Å². The van der Waals surface area contributed by atoms with Gasteiger partial charge in [0.05, 0.1) is 25.0 Å². The molecule has 5 heterocycles. The van der Waals surface area contributed by atoms with E-state index in [1.54, 1.807) is 0 Å². The van der Waals surface area contributed by atoms with Crippen molar-refractivity contribution in [2.45, 2.75) is 93.2 Å². The van der Waals surface area contributed by atoms with Gasteiger partial charge < -0.3 is 61.1 Å². The number of rotatable bonds is 27. The number of imidazole rings is 1. The number of fused-ring (bicyclic) bond motifs is 2. The maximum Gasteiger partial charge on any atom is 0.489 e. The molecule has 10 unspecified atom stereocenters. The number of nitrogens with one attached hydrogen (secondary N) is 4. The molecule has 5 rings (SSSR count). The maximum absolute atomic E-state index is 12.5. The lowest BCUT2D eigenvalue weighted by molar-refractivity contribution is -0.121. The van der Waals surface area contributed by atoms with Crippen molar-refractivity contribution >= 4 is 64.1 Å². The number of carbonyl (C=O) groups is 2. The van der Waals surface area contributed by atoms with Gasteiger partial charge in [0.2, 0.25) is 5.91 Å². The molecule has 61 heavy (non-hydrogen) atoms. The number of hydrogen-bond donors (Lipinski definition) is 10. The van der Waals surface area contributed by atoms with Crippen LogP contribution >= 0.6 is 35.2 Å². The second-order valence-corrected chi connectivity index (χ2v) is 21.3. The molecular weight excluding hydrogens is 887 g/mol. The van der Waals surface area contributed by atoms with Crippen LogP contribution in [-0.2, 0) is 36.4 Å². The van der Waals surface area contributed by atoms with Gasteiger partial charge in [-0.2, -0.15) is 20.4 Å². The van der Waals surface area contributed by atoms with Gasteiger partial charge in [0.15, 0.2) is 17.7 Å². The monoisotopic (exact) mass is 945 g/mol. The molecule has 11 N–H and O–H groups in total. The summed E-state index contributed by atoms with van der Waals surface area (Å²) >= 11 is 1.88. The van der Waals surface area contributed by atoms with Crippen molar-refractivity contribution in [1.29, 1.82) is 0 Å². The second-order valence-electron chi connectivity index (χ2n) is 15.2. The zero-order valence-electron chi connectivity index (χ0n) is 33.9. The normalized spacial score (nSPS) is 26.8. The Hall–Kier alpha value is -2.35. The lowest BCUT2D eigenvalue weighted by Crippen LogP contribution is -2.36. The van der Waals surface area contributed by atoms with Crippen LogP contribution in [0.4, 0.5) is 10.6 Å². The number of hydrogen-bond acceptors (Lipinski definition) is 18. The molecular formula is C32H58N11O14P3S. The van der Waals surface area contributed by atoms with Gasteiger partial charge >= 0.3 is 29.4 Å². The first-order chi connectivity index (χ1) is 28.8. The summed E-state index contributed by atoms with van der Waals surface area (Å²) in [6, 6.07) is 0.317. The van der Waals surface area contributed by atoms with Gasteiger partial charge in [0, 0.05) is 30.5 Å². The minimum Gasteiger partial charge on any atom is -0.387 e. The largest absolute Gasteiger partial charge is 0.489 e. The van der Waals surface area contributed by atoms with Gasteiger partial charge in [0.1, 0.15) is 30.2 Å². The number of aliphatic hydroxyl groups excluding tert-OH is 2. The van der Waals surface area contributed by atoms with Gasteiger partial charge in [0.25, 0.3) is 0 Å². The highest BCUT2D eigenvalue weighted by Crippen LogP contribution is 2.66. The number of amides is 3. The molecule has 25 nitrogen and oxygen atoms in total. The summed E-state index contributed by atoms with van der Waals surface area (Å²) < 4.78 is 57.2. The number of phosphoric acid groups is 2. The van der Waals surface area contributed by atoms with E-state index in [0.717, 1.165) is 70.2 Å². The number of nitrogens with two attached hydrogens (primary N) is 1. The minimum absolute atomic E-state index is 0.0488. The Balaban J connectivity index is 0.871. The summed E-state index contributed by atoms with van der Waals surface area (Å²) in [7, 11) is -12.3. The first kappa shape index (κ1) is 49.7. The molecule has 3 fully saturated rings. The Bertz CT molecular complexity index is 1920. The lowest BCUT2D eigenvalue weighted by atomic mass is 10.0. The van der Waals surface area contributed by atoms with Gasteiger partial charge in [-0.15, -0.1) is 0 Å². The first-order valence-corrected chi connectivity index (χ1v) is 25.5. The van der Waals surface area contributed by atoms with Crippen molar-refractivity contribution in [3.8, 4) is 0 Å². The topological polar surface area (TPSA) is 348 Å². The molecule has 2 aromatic rings. The van der Waals surface area contributed by atoms with Crippen LogP contribution in [0.3, 0.4) is 0 Å². The Morgan fingerprint density at radius 1 is 0.951 bits per heavy atom. The van der Waals surface area contributed by atoms with E-state index in [9.17, 15) is 48.2 Å². The Labute approximate surface area is 357 Å². The zero-order valence-corrected chi connectivity index (χ0v) is 37.4. The summed E-state index contributed by atoms with van der Waals surface area (Å²) in [4.78, 5) is 70.0. The SMILES string of the molecule is CN(CCCCN(C)CCCNP(=O)(O)OP(=O)(O)OP(=O)(O)OCC1OC(n2cnc3c(N)ncnc32)C(O)C1O)CCCNC(=O)CCCCC1SCC2NC(=O)NC21. The maximum atomic E-state index is 12.5. The molecule has 0 saturated carbocycles. The zero-order chi connectivity index (χ0) is 44.4. The Morgan fingerprint density at radius 2 is 1.64 bits per heavy atom. The molecule has 0 bridgehead atoms. The van der Waals surface area contributed by atoms with Gasteiger partial charge in [-0.3, -0.25) is 13.9 Å². The van der Waals surface area contributed by atoms with Crippen LogP contribution < -0.4 is 26.8 Å². The predicted octanol–water partition coefficient (Wildman–Crippen LogP) is 0.234. The van der Waals surface area contributed by atoms with E-state index in [0.29, 0.717) is 31.2 Å². The fraction of sp³-hybridized carbons (Fsp3) is 0.781. The lowest BCUT2D eigenvalue weighted by Gasteiger charge is -2.21. The molecule has 346 valence electrons. The summed E-state index contributed by atoms with van der Waals surface area (Å²) in [5.41, 5.74) is 6.13. The molecule has 2 aromatic heterocycles. The summed E-state index contributed by atoms with van der Waals surface area (Å²) in [5, 5.41) is 32.5. The number of carbonyl (C=O) groups excluding carboxylic acids is 2. The molecule has 0 aliphatic carbocycles. The third-order valence-electron chi connectivity index (χ3n) is 10.3. The van der Waals surface area contributed by atoms with Crippen molar-refractivity contribution < 1.29 is 66.1 Å². The van der Waals surface area contributed by atoms with Crippen LogP contribution in [-0.4, -0.2) is 168 Å². The summed E-state index contributed by atoms with van der Waals surface area (Å²) in [5.74, 6) is 1.04. The molecule has 3 amide bonds. The highest BCUT2D eigenvalue weighted by Gasteiger charge is 2.47. The number of unbranched alkanes of at least 4 members (excludes halogenated alkanes) is 2. The number of thioether (sulfide) groups is 1. The van der Waals surface area contributed by atoms with Crippen molar-refractivity contribution in [2.75, 3.05) is 71.5 Å². The van der Waals surface area contributed by atoms with E-state index in [2.05, 4.69) is 54.0 Å². The van der Waals surface area contributed by atoms with Crippen LogP contribution in [0.25, 0.3) is 11.2 Å². The molecule has 29 heteroatoms. The smallest absolute Gasteiger partial charge is 0.387 e. The van der Waals surface area contributed by atoms with Gasteiger partial charge in [-0.25, -0.2) is 38.5 Å². The van der Waals surface area contributed by atoms with E-state index in [-0.39, 0.29) is 47.5 Å². The summed E-state index contributed by atoms with van der Waals surface area (Å²) in [6.45, 7) is 2.54. The van der Waals surface area contributed by atoms with Crippen LogP contribution in [0.2, 0.25) is 0 Å². The van der Waals surface area contributed by atoms with Crippen molar-refractivity contribution in [1.82, 2.24) is 50.4 Å². The number of aromatic nitrogens is 4. The van der Waals surface area contributed by atoms with Crippen molar-refractivity contribution in [3.05, 3.63) is 12.7 Å². The molecule has 0 spiro atoms. The fourth-order valence-corrected chi connectivity index (χ4v) is 12.4. The van der Waals surface area contributed by atoms with Crippen LogP contribution in [0.5, 0.6) is 0 Å². The van der Waals surface area contributed by atoms with Crippen molar-refractivity contribution in [3.63, 3.8) is 0 Å². The number of aliphatic hydroxyl groups is 2. The van der Waals surface area contributed by atoms with Gasteiger partial charge in [-0.05, 0) is 78.8 Å². The molecule has 0 radical (unpaired) electrons. The average molecular weight is 946 g/mol. The quantitative estimate of drug-likeness (QED) is 0.0326. The number of ether oxygens (including phenoxy) is 1. The number of nitrogens with zero attached hydrogens (tertiary/aromatic N) is 6. The predicted molar refractivity (Wildman–Crippen MR) is 222 cm³/mol. The summed E-state index contributed by atoms with van der Waals surface area (Å²) in [6.07, 6.45) is 2.60. The highest BCUT2D eigenvalue weighted by atomic mass is 32.2. The van der Waals surface area contributed by atoms with Crippen LogP contribution in [0.15, 0.2) is 12.7 Å². The molecule has 3 saturated heterocycles. The molecule has 3 aliphatic rings. The van der Waals surface area contributed by atoms with E-state index in [1.807, 2.05) is 30.8 Å². The fourth-order valence-electron chi connectivity index (χ4n) is 7.15. The second kappa shape index (κ2) is 22.5. The minimum atomic E-state index is -5.68. The molecule has 0 aromatic carbocycles. The van der Waals surface area contributed by atoms with Crippen LogP contribution in [0, 0.1) is 0 Å². The molecule has 3 aliphatic heterocycles. The third-order valence-corrected chi connectivity index (χ3v) is 16.3. The number of anilines is 1. The average Bonchev–Trinajstić information content (AvgIpc) is 3.94. The standard InChI is InChI=1S/C32H58N11O14P3S/c1-41(15-7-11-34-24(44)10-4-3-9-23-25-21(18-61-23)39-32(47)40-25)13-5-6-14-42(2)16-8-12-38-58(48,49)56-60(52,53)57-59(50,51)54-17-22-27(45)28(46)31(55-22)43-20-37-26-29(33)35-19-36-30(26)43/h19-23,25,27-28,31,45-46H,3-18H2,1-2H3,(H,34,44)(H,50,51)(H,52,53)(H2,33,35,36)(H2,38,48,49)(H2,39,40,47). The Morgan fingerprint density at radius 3 is 2.36 bits per heavy atom. The van der Waals surface area contributed by atoms with E-state index < -0.39 is 54.5 Å². The third kappa shape index (κ3) is 15.1. The Kier molecular flexibility index (Phi) is 18.3. The highest BCUT2D eigenvalue weighted by molar-refractivity contribution is 8.00.